The topological polar surface area (TPSA) is 81.7 Å². The van der Waals surface area contributed by atoms with E-state index in [1.54, 1.807) is 30.3 Å². The van der Waals surface area contributed by atoms with Crippen LogP contribution in [0, 0.1) is 5.82 Å². The number of esters is 1. The van der Waals surface area contributed by atoms with E-state index in [2.05, 4.69) is 9.46 Å². The minimum absolute atomic E-state index is 0.0846. The maximum absolute atomic E-state index is 14.4. The van der Waals surface area contributed by atoms with Crippen molar-refractivity contribution in [3.05, 3.63) is 58.7 Å². The number of sulfonamides is 1. The minimum Gasteiger partial charge on any atom is -0.496 e. The zero-order valence-corrected chi connectivity index (χ0v) is 16.1. The molecule has 27 heavy (non-hydrogen) atoms. The molecule has 142 valence electrons. The Bertz CT molecular complexity index is 1110. The predicted molar refractivity (Wildman–Crippen MR) is 100 cm³/mol. The maximum Gasteiger partial charge on any atom is 0.349 e. The highest BCUT2D eigenvalue weighted by molar-refractivity contribution is 7.90. The average Bonchev–Trinajstić information content (AvgIpc) is 3.08. The first kappa shape index (κ1) is 19.3. The van der Waals surface area contributed by atoms with E-state index in [1.807, 2.05) is 0 Å². The number of ether oxygens (including phenoxy) is 2. The summed E-state index contributed by atoms with van der Waals surface area (Å²) < 4.78 is 52.9. The molecule has 0 unspecified atom stereocenters. The summed E-state index contributed by atoms with van der Waals surface area (Å²) in [7, 11) is -1.59. The number of hydrogen-bond acceptors (Lipinski definition) is 6. The molecule has 0 amide bonds. The average molecular weight is 409 g/mol. The summed E-state index contributed by atoms with van der Waals surface area (Å²) in [6.07, 6.45) is 0. The molecule has 2 aromatic carbocycles. The molecule has 9 heteroatoms. The molecule has 0 aliphatic carbocycles. The lowest BCUT2D eigenvalue weighted by Crippen LogP contribution is -2.25. The van der Waals surface area contributed by atoms with Gasteiger partial charge in [-0.05, 0) is 18.2 Å². The van der Waals surface area contributed by atoms with E-state index in [9.17, 15) is 17.6 Å². The molecule has 1 N–H and O–H groups in total. The summed E-state index contributed by atoms with van der Waals surface area (Å²) in [4.78, 5) is 11.5. The molecule has 0 radical (unpaired) electrons. The molecule has 0 aliphatic heterocycles. The second kappa shape index (κ2) is 7.63. The van der Waals surface area contributed by atoms with E-state index in [0.717, 1.165) is 24.5 Å². The van der Waals surface area contributed by atoms with Crippen molar-refractivity contribution in [1.82, 2.24) is 4.72 Å². The molecule has 1 aromatic heterocycles. The van der Waals surface area contributed by atoms with E-state index in [-0.39, 0.29) is 16.8 Å². The fourth-order valence-electron chi connectivity index (χ4n) is 2.66. The molecule has 0 saturated carbocycles. The van der Waals surface area contributed by atoms with E-state index < -0.39 is 26.7 Å². The van der Waals surface area contributed by atoms with Gasteiger partial charge in [-0.3, -0.25) is 0 Å². The smallest absolute Gasteiger partial charge is 0.349 e. The number of halogens is 1. The van der Waals surface area contributed by atoms with Crippen LogP contribution in [0.1, 0.15) is 15.2 Å². The van der Waals surface area contributed by atoms with Gasteiger partial charge < -0.3 is 9.47 Å². The number of methoxy groups -OCH3 is 2. The van der Waals surface area contributed by atoms with Crippen molar-refractivity contribution >= 4 is 37.4 Å². The van der Waals surface area contributed by atoms with E-state index >= 15 is 0 Å². The maximum atomic E-state index is 14.4. The molecular weight excluding hydrogens is 393 g/mol. The molecule has 3 aromatic rings. The Labute approximate surface area is 159 Å². The van der Waals surface area contributed by atoms with Gasteiger partial charge in [0.1, 0.15) is 21.3 Å². The van der Waals surface area contributed by atoms with Crippen LogP contribution in [0.3, 0.4) is 0 Å². The van der Waals surface area contributed by atoms with E-state index in [0.29, 0.717) is 16.0 Å². The molecule has 3 rings (SSSR count). The zero-order valence-electron chi connectivity index (χ0n) is 14.5. The molecule has 0 atom stereocenters. The highest BCUT2D eigenvalue weighted by Crippen LogP contribution is 2.37. The molecule has 0 saturated heterocycles. The molecule has 0 spiro atoms. The van der Waals surface area contributed by atoms with Crippen molar-refractivity contribution in [1.29, 1.82) is 0 Å². The quantitative estimate of drug-likeness (QED) is 0.632. The molecule has 0 aliphatic rings. The SMILES string of the molecule is COC(=O)c1sc2cccc(F)c2c1S(=O)(=O)NCc1ccccc1OC. The Morgan fingerprint density at radius 1 is 1.15 bits per heavy atom. The van der Waals surface area contributed by atoms with Crippen LogP contribution in [0.2, 0.25) is 0 Å². The Morgan fingerprint density at radius 3 is 2.59 bits per heavy atom. The van der Waals surface area contributed by atoms with Crippen LogP contribution < -0.4 is 9.46 Å². The first-order valence-corrected chi connectivity index (χ1v) is 10.1. The summed E-state index contributed by atoms with van der Waals surface area (Å²) in [5.41, 5.74) is 0.600. The van der Waals surface area contributed by atoms with Crippen LogP contribution in [0.25, 0.3) is 10.1 Å². The Balaban J connectivity index is 2.08. The van der Waals surface area contributed by atoms with Crippen LogP contribution in [0.15, 0.2) is 47.4 Å². The Morgan fingerprint density at radius 2 is 1.89 bits per heavy atom. The molecule has 1 heterocycles. The fourth-order valence-corrected chi connectivity index (χ4v) is 5.50. The van der Waals surface area contributed by atoms with Gasteiger partial charge in [-0.2, -0.15) is 0 Å². The van der Waals surface area contributed by atoms with Crippen molar-refractivity contribution < 1.29 is 27.1 Å². The van der Waals surface area contributed by atoms with Gasteiger partial charge >= 0.3 is 5.97 Å². The van der Waals surface area contributed by atoms with Gasteiger partial charge in [-0.15, -0.1) is 11.3 Å². The molecule has 0 fully saturated rings. The number of fused-ring (bicyclic) bond motifs is 1. The monoisotopic (exact) mass is 409 g/mol. The highest BCUT2D eigenvalue weighted by atomic mass is 32.2. The molecule has 6 nitrogen and oxygen atoms in total. The third-order valence-electron chi connectivity index (χ3n) is 3.91. The van der Waals surface area contributed by atoms with Gasteiger partial charge in [0, 0.05) is 22.2 Å². The highest BCUT2D eigenvalue weighted by Gasteiger charge is 2.30. The minimum atomic E-state index is -4.21. The lowest BCUT2D eigenvalue weighted by atomic mass is 10.2. The fraction of sp³-hybridized carbons (Fsp3) is 0.167. The third kappa shape index (κ3) is 3.66. The van der Waals surface area contributed by atoms with Crippen LogP contribution >= 0.6 is 11.3 Å². The number of benzene rings is 2. The first-order chi connectivity index (χ1) is 12.9. The third-order valence-corrected chi connectivity index (χ3v) is 6.64. The van der Waals surface area contributed by atoms with Gasteiger partial charge in [-0.1, -0.05) is 24.3 Å². The molecule has 0 bridgehead atoms. The van der Waals surface area contributed by atoms with Crippen LogP contribution in [0.4, 0.5) is 4.39 Å². The summed E-state index contributed by atoms with van der Waals surface area (Å²) in [6, 6.07) is 11.1. The van der Waals surface area contributed by atoms with Gasteiger partial charge in [0.05, 0.1) is 14.2 Å². The summed E-state index contributed by atoms with van der Waals surface area (Å²) >= 11 is 0.869. The standard InChI is InChI=1S/C18H16FNO5S2/c1-24-13-8-4-3-6-11(13)10-20-27(22,23)17-15-12(19)7-5-9-14(15)26-16(17)18(21)25-2/h3-9,20H,10H2,1-2H3. The van der Waals surface area contributed by atoms with Gasteiger partial charge in [-0.25, -0.2) is 22.3 Å². The number of nitrogens with one attached hydrogen (secondary N) is 1. The zero-order chi connectivity index (χ0) is 19.6. The predicted octanol–water partition coefficient (Wildman–Crippen LogP) is 3.31. The number of hydrogen-bond donors (Lipinski definition) is 1. The number of para-hydroxylation sites is 1. The van der Waals surface area contributed by atoms with Crippen molar-refractivity contribution in [3.8, 4) is 5.75 Å². The molecular formula is C18H16FNO5S2. The lowest BCUT2D eigenvalue weighted by molar-refractivity contribution is 0.0602. The number of thiophene rings is 1. The number of rotatable bonds is 6. The summed E-state index contributed by atoms with van der Waals surface area (Å²) in [6.45, 7) is -0.0846. The van der Waals surface area contributed by atoms with Crippen molar-refractivity contribution in [2.24, 2.45) is 0 Å². The normalized spacial score (nSPS) is 11.5. The van der Waals surface area contributed by atoms with Gasteiger partial charge in [0.2, 0.25) is 10.0 Å². The first-order valence-electron chi connectivity index (χ1n) is 7.80. The van der Waals surface area contributed by atoms with Crippen LogP contribution in [-0.2, 0) is 21.3 Å². The van der Waals surface area contributed by atoms with Gasteiger partial charge in [0.15, 0.2) is 0 Å². The second-order valence-electron chi connectivity index (χ2n) is 5.50. The number of carbonyl (C=O) groups excluding carboxylic acids is 1. The van der Waals surface area contributed by atoms with Crippen LogP contribution in [0.5, 0.6) is 5.75 Å². The van der Waals surface area contributed by atoms with Crippen LogP contribution in [-0.4, -0.2) is 28.6 Å². The largest absolute Gasteiger partial charge is 0.496 e. The summed E-state index contributed by atoms with van der Waals surface area (Å²) in [5, 5.41) is -0.129. The lowest BCUT2D eigenvalue weighted by Gasteiger charge is -2.11. The number of carbonyl (C=O) groups is 1. The van der Waals surface area contributed by atoms with E-state index in [1.165, 1.54) is 13.2 Å². The second-order valence-corrected chi connectivity index (χ2v) is 8.26. The Kier molecular flexibility index (Phi) is 5.45. The van der Waals surface area contributed by atoms with Crippen molar-refractivity contribution in [3.63, 3.8) is 0 Å². The van der Waals surface area contributed by atoms with Gasteiger partial charge in [0.25, 0.3) is 0 Å². The summed E-state index contributed by atoms with van der Waals surface area (Å²) in [5.74, 6) is -1.06. The van der Waals surface area contributed by atoms with E-state index in [4.69, 9.17) is 4.74 Å². The van der Waals surface area contributed by atoms with Crippen molar-refractivity contribution in [2.75, 3.05) is 14.2 Å². The van der Waals surface area contributed by atoms with Crippen molar-refractivity contribution in [2.45, 2.75) is 11.4 Å². The Hall–Kier alpha value is -2.49.